The van der Waals surface area contributed by atoms with E-state index in [4.69, 9.17) is 0 Å². The van der Waals surface area contributed by atoms with E-state index in [0.717, 1.165) is 36.0 Å². The van der Waals surface area contributed by atoms with E-state index in [1.165, 1.54) is 12.1 Å². The molecule has 1 aliphatic rings. The van der Waals surface area contributed by atoms with Gasteiger partial charge in [0.25, 0.3) is 0 Å². The summed E-state index contributed by atoms with van der Waals surface area (Å²) in [5.41, 5.74) is 1.86. The van der Waals surface area contributed by atoms with Gasteiger partial charge in [-0.25, -0.2) is 9.37 Å². The largest absolute Gasteiger partial charge is 0.368 e. The second kappa shape index (κ2) is 7.93. The van der Waals surface area contributed by atoms with Gasteiger partial charge in [0, 0.05) is 43.8 Å². The lowest BCUT2D eigenvalue weighted by Gasteiger charge is -2.36. The zero-order valence-corrected chi connectivity index (χ0v) is 15.4. The molecule has 0 saturated carbocycles. The molecular formula is C18H23FN4OS. The summed E-state index contributed by atoms with van der Waals surface area (Å²) in [4.78, 5) is 23.2. The number of hydrogen-bond acceptors (Lipinski definition) is 5. The van der Waals surface area contributed by atoms with Gasteiger partial charge in [0.1, 0.15) is 10.8 Å². The van der Waals surface area contributed by atoms with Crippen LogP contribution in [-0.2, 0) is 17.8 Å². The summed E-state index contributed by atoms with van der Waals surface area (Å²) in [5, 5.41) is 3.01. The van der Waals surface area contributed by atoms with Crippen LogP contribution in [0.25, 0.3) is 0 Å². The number of aromatic nitrogens is 1. The summed E-state index contributed by atoms with van der Waals surface area (Å²) in [6.45, 7) is 3.70. The van der Waals surface area contributed by atoms with E-state index in [0.29, 0.717) is 19.5 Å². The number of benzene rings is 1. The smallest absolute Gasteiger partial charge is 0.228 e. The first-order valence-electron chi connectivity index (χ1n) is 8.37. The quantitative estimate of drug-likeness (QED) is 0.818. The Hall–Kier alpha value is -1.99. The molecule has 0 aliphatic carbocycles. The molecule has 134 valence electrons. The third-order valence-corrected chi connectivity index (χ3v) is 5.09. The molecule has 1 fully saturated rings. The molecule has 0 bridgehead atoms. The summed E-state index contributed by atoms with van der Waals surface area (Å²) in [6, 6.07) is 6.52. The van der Waals surface area contributed by atoms with Crippen LogP contribution in [0.1, 0.15) is 10.7 Å². The van der Waals surface area contributed by atoms with Gasteiger partial charge in [0.2, 0.25) is 5.91 Å². The van der Waals surface area contributed by atoms with Crippen molar-refractivity contribution in [2.75, 3.05) is 45.2 Å². The number of halogens is 1. The van der Waals surface area contributed by atoms with Gasteiger partial charge >= 0.3 is 0 Å². The van der Waals surface area contributed by atoms with Crippen molar-refractivity contribution in [3.05, 3.63) is 46.2 Å². The molecule has 7 heteroatoms. The summed E-state index contributed by atoms with van der Waals surface area (Å²) < 4.78 is 13.0. The van der Waals surface area contributed by atoms with Crippen LogP contribution in [-0.4, -0.2) is 61.0 Å². The standard InChI is InChI=1S/C18H23FN4OS/c1-21(2)12-17-20-15(13-25-17)11-18(24)23-9-7-22(8-10-23)16-5-3-14(19)4-6-16/h3-6,13H,7-12H2,1-2H3. The second-order valence-corrected chi connectivity index (χ2v) is 7.43. The molecule has 3 rings (SSSR count). The van der Waals surface area contributed by atoms with E-state index in [1.54, 1.807) is 23.5 Å². The third kappa shape index (κ3) is 4.76. The Morgan fingerprint density at radius 3 is 2.52 bits per heavy atom. The van der Waals surface area contributed by atoms with Crippen molar-refractivity contribution in [3.63, 3.8) is 0 Å². The highest BCUT2D eigenvalue weighted by Gasteiger charge is 2.22. The Bertz CT molecular complexity index is 708. The minimum Gasteiger partial charge on any atom is -0.368 e. The van der Waals surface area contributed by atoms with E-state index in [1.807, 2.05) is 24.4 Å². The number of nitrogens with zero attached hydrogens (tertiary/aromatic N) is 4. The highest BCUT2D eigenvalue weighted by atomic mass is 32.1. The summed E-state index contributed by atoms with van der Waals surface area (Å²) in [6.07, 6.45) is 0.362. The third-order valence-electron chi connectivity index (χ3n) is 4.21. The first kappa shape index (κ1) is 17.8. The van der Waals surface area contributed by atoms with Crippen molar-refractivity contribution in [1.29, 1.82) is 0 Å². The number of thiazole rings is 1. The van der Waals surface area contributed by atoms with Gasteiger partial charge in [-0.3, -0.25) is 4.79 Å². The van der Waals surface area contributed by atoms with Crippen LogP contribution in [0.2, 0.25) is 0 Å². The Morgan fingerprint density at radius 1 is 1.20 bits per heavy atom. The van der Waals surface area contributed by atoms with Gasteiger partial charge in [0.15, 0.2) is 0 Å². The molecule has 1 aromatic carbocycles. The fourth-order valence-corrected chi connectivity index (χ4v) is 3.82. The minimum atomic E-state index is -0.227. The predicted octanol–water partition coefficient (Wildman–Crippen LogP) is 2.24. The number of anilines is 1. The maximum Gasteiger partial charge on any atom is 0.228 e. The van der Waals surface area contributed by atoms with Crippen LogP contribution >= 0.6 is 11.3 Å². The fraction of sp³-hybridized carbons (Fsp3) is 0.444. The van der Waals surface area contributed by atoms with Crippen molar-refractivity contribution in [2.45, 2.75) is 13.0 Å². The highest BCUT2D eigenvalue weighted by Crippen LogP contribution is 2.18. The molecule has 25 heavy (non-hydrogen) atoms. The lowest BCUT2D eigenvalue weighted by Crippen LogP contribution is -2.49. The van der Waals surface area contributed by atoms with Crippen molar-refractivity contribution in [3.8, 4) is 0 Å². The molecule has 0 radical (unpaired) electrons. The van der Waals surface area contributed by atoms with Gasteiger partial charge in [0.05, 0.1) is 12.1 Å². The predicted molar refractivity (Wildman–Crippen MR) is 98.4 cm³/mol. The van der Waals surface area contributed by atoms with E-state index >= 15 is 0 Å². The Balaban J connectivity index is 1.51. The van der Waals surface area contributed by atoms with Gasteiger partial charge in [-0.1, -0.05) is 0 Å². The van der Waals surface area contributed by atoms with Crippen molar-refractivity contribution in [1.82, 2.24) is 14.8 Å². The number of carbonyl (C=O) groups is 1. The van der Waals surface area contributed by atoms with E-state index < -0.39 is 0 Å². The maximum absolute atomic E-state index is 13.0. The number of carbonyl (C=O) groups excluding carboxylic acids is 1. The summed E-state index contributed by atoms with van der Waals surface area (Å²) in [7, 11) is 4.01. The van der Waals surface area contributed by atoms with Crippen LogP contribution in [0.15, 0.2) is 29.6 Å². The number of amides is 1. The zero-order chi connectivity index (χ0) is 17.8. The Morgan fingerprint density at radius 2 is 1.88 bits per heavy atom. The average molecular weight is 362 g/mol. The van der Waals surface area contributed by atoms with Gasteiger partial charge < -0.3 is 14.7 Å². The van der Waals surface area contributed by atoms with E-state index in [2.05, 4.69) is 14.8 Å². The van der Waals surface area contributed by atoms with Crippen LogP contribution < -0.4 is 4.90 Å². The fourth-order valence-electron chi connectivity index (χ4n) is 2.91. The molecule has 1 aromatic heterocycles. The normalized spacial score (nSPS) is 15.0. The van der Waals surface area contributed by atoms with Crippen molar-refractivity contribution >= 4 is 22.9 Å². The first-order valence-corrected chi connectivity index (χ1v) is 9.25. The molecule has 0 unspecified atom stereocenters. The average Bonchev–Trinajstić information content (AvgIpc) is 3.02. The van der Waals surface area contributed by atoms with E-state index in [9.17, 15) is 9.18 Å². The maximum atomic E-state index is 13.0. The monoisotopic (exact) mass is 362 g/mol. The van der Waals surface area contributed by atoms with Crippen LogP contribution in [0.5, 0.6) is 0 Å². The first-order chi connectivity index (χ1) is 12.0. The van der Waals surface area contributed by atoms with Gasteiger partial charge in [-0.15, -0.1) is 11.3 Å². The van der Waals surface area contributed by atoms with Gasteiger partial charge in [-0.05, 0) is 38.4 Å². The molecule has 1 amide bonds. The van der Waals surface area contributed by atoms with Crippen LogP contribution in [0.3, 0.4) is 0 Å². The molecule has 0 spiro atoms. The molecule has 0 N–H and O–H groups in total. The second-order valence-electron chi connectivity index (χ2n) is 6.49. The molecule has 5 nitrogen and oxygen atoms in total. The number of hydrogen-bond donors (Lipinski definition) is 0. The molecule has 0 atom stereocenters. The molecule has 2 aromatic rings. The zero-order valence-electron chi connectivity index (χ0n) is 14.6. The van der Waals surface area contributed by atoms with Crippen molar-refractivity contribution < 1.29 is 9.18 Å². The minimum absolute atomic E-state index is 0.125. The topological polar surface area (TPSA) is 39.7 Å². The Labute approximate surface area is 151 Å². The highest BCUT2D eigenvalue weighted by molar-refractivity contribution is 7.09. The Kier molecular flexibility index (Phi) is 5.65. The van der Waals surface area contributed by atoms with Gasteiger partial charge in [-0.2, -0.15) is 0 Å². The molecule has 2 heterocycles. The SMILES string of the molecule is CN(C)Cc1nc(CC(=O)N2CCN(c3ccc(F)cc3)CC2)cs1. The summed E-state index contributed by atoms with van der Waals surface area (Å²) in [5.74, 6) is -0.102. The molecule has 1 aliphatic heterocycles. The van der Waals surface area contributed by atoms with Crippen molar-refractivity contribution in [2.24, 2.45) is 0 Å². The number of piperazine rings is 1. The van der Waals surface area contributed by atoms with E-state index in [-0.39, 0.29) is 11.7 Å². The summed E-state index contributed by atoms with van der Waals surface area (Å²) >= 11 is 1.60. The number of rotatable bonds is 5. The molecular weight excluding hydrogens is 339 g/mol. The molecule has 1 saturated heterocycles. The van der Waals surface area contributed by atoms with Crippen LogP contribution in [0, 0.1) is 5.82 Å². The van der Waals surface area contributed by atoms with Crippen LogP contribution in [0.4, 0.5) is 10.1 Å². The lowest BCUT2D eigenvalue weighted by molar-refractivity contribution is -0.130. The lowest BCUT2D eigenvalue weighted by atomic mass is 10.2.